The van der Waals surface area contributed by atoms with Crippen molar-refractivity contribution in [1.82, 2.24) is 0 Å². The second kappa shape index (κ2) is 7.22. The van der Waals surface area contributed by atoms with Crippen LogP contribution in [0, 0.1) is 34.0 Å². The van der Waals surface area contributed by atoms with Gasteiger partial charge in [-0.2, -0.15) is 0 Å². The number of aliphatic hydroxyl groups is 5. The number of fused-ring (bicyclic) bond motifs is 2. The van der Waals surface area contributed by atoms with Crippen LogP contribution < -0.4 is 0 Å². The van der Waals surface area contributed by atoms with Crippen LogP contribution >= 0.6 is 0 Å². The Bertz CT molecular complexity index is 863. The van der Waals surface area contributed by atoms with Gasteiger partial charge in [-0.1, -0.05) is 19.9 Å². The molecule has 2 saturated heterocycles. The van der Waals surface area contributed by atoms with Gasteiger partial charge >= 0.3 is 5.97 Å². The maximum absolute atomic E-state index is 12.2. The monoisotopic (exact) mass is 468 g/mol. The van der Waals surface area contributed by atoms with Gasteiger partial charge in [0.1, 0.15) is 12.2 Å². The summed E-state index contributed by atoms with van der Waals surface area (Å²) < 4.78 is 18.0. The van der Waals surface area contributed by atoms with E-state index in [2.05, 4.69) is 6.58 Å². The molecule has 12 atom stereocenters. The molecule has 4 saturated carbocycles. The van der Waals surface area contributed by atoms with Gasteiger partial charge in [-0.3, -0.25) is 4.79 Å². The van der Waals surface area contributed by atoms with Crippen molar-refractivity contribution >= 4 is 5.97 Å². The molecule has 186 valence electrons. The van der Waals surface area contributed by atoms with Crippen molar-refractivity contribution in [1.29, 1.82) is 0 Å². The molecule has 9 heteroatoms. The number of carbonyl (C=O) groups excluding carboxylic acids is 1. The summed E-state index contributed by atoms with van der Waals surface area (Å²) in [5.41, 5.74) is -3.24. The van der Waals surface area contributed by atoms with Crippen molar-refractivity contribution in [2.24, 2.45) is 34.0 Å². The SMILES string of the molecule is C=C1[C@@H](O)[C@]23[C@H](O)[C@H]1C[C@H](OC(C)=O)[C@H]2[C@]12CCC[C@@](C)(CO)[C@H]1[C@H](O)[C@]3(O)O[C@@H]2OCC. The van der Waals surface area contributed by atoms with Crippen molar-refractivity contribution in [3.63, 3.8) is 0 Å². The van der Waals surface area contributed by atoms with Gasteiger partial charge in [-0.15, -0.1) is 0 Å². The van der Waals surface area contributed by atoms with E-state index in [0.717, 1.165) is 0 Å². The molecule has 0 unspecified atom stereocenters. The Morgan fingerprint density at radius 2 is 1.91 bits per heavy atom. The largest absolute Gasteiger partial charge is 0.462 e. The van der Waals surface area contributed by atoms with Gasteiger partial charge < -0.3 is 39.7 Å². The van der Waals surface area contributed by atoms with Crippen molar-refractivity contribution in [2.75, 3.05) is 13.2 Å². The minimum absolute atomic E-state index is 0.232. The Hall–Kier alpha value is -1.07. The third-order valence-electron chi connectivity index (χ3n) is 9.85. The molecule has 0 aromatic heterocycles. The zero-order valence-corrected chi connectivity index (χ0v) is 19.4. The van der Waals surface area contributed by atoms with E-state index in [1.165, 1.54) is 6.92 Å². The van der Waals surface area contributed by atoms with Crippen molar-refractivity contribution in [3.8, 4) is 0 Å². The molecule has 0 amide bonds. The van der Waals surface area contributed by atoms with Gasteiger partial charge in [0.05, 0.1) is 17.6 Å². The number of carbonyl (C=O) groups is 1. The van der Waals surface area contributed by atoms with Crippen LogP contribution in [-0.4, -0.2) is 81.2 Å². The smallest absolute Gasteiger partial charge is 0.302 e. The highest BCUT2D eigenvalue weighted by atomic mass is 16.8. The molecule has 6 rings (SSSR count). The van der Waals surface area contributed by atoms with Crippen molar-refractivity contribution in [2.45, 2.75) is 82.9 Å². The van der Waals surface area contributed by atoms with Gasteiger partial charge in [0, 0.05) is 43.3 Å². The van der Waals surface area contributed by atoms with Crippen molar-refractivity contribution < 1.29 is 44.5 Å². The third-order valence-corrected chi connectivity index (χ3v) is 9.85. The molecule has 6 fully saturated rings. The number of esters is 1. The maximum Gasteiger partial charge on any atom is 0.302 e. The average molecular weight is 469 g/mol. The zero-order valence-electron chi connectivity index (χ0n) is 19.4. The molecule has 0 radical (unpaired) electrons. The molecule has 4 aliphatic carbocycles. The fourth-order valence-corrected chi connectivity index (χ4v) is 8.92. The quantitative estimate of drug-likeness (QED) is 0.286. The third kappa shape index (κ3) is 2.44. The molecule has 2 heterocycles. The Kier molecular flexibility index (Phi) is 5.18. The van der Waals surface area contributed by atoms with Crippen LogP contribution in [0.3, 0.4) is 0 Å². The van der Waals surface area contributed by atoms with E-state index in [0.29, 0.717) is 24.8 Å². The van der Waals surface area contributed by atoms with E-state index in [1.54, 1.807) is 6.92 Å². The summed E-state index contributed by atoms with van der Waals surface area (Å²) in [4.78, 5) is 12.2. The molecule has 9 nitrogen and oxygen atoms in total. The molecule has 0 aromatic carbocycles. The topological polar surface area (TPSA) is 146 Å². The lowest BCUT2D eigenvalue weighted by Crippen LogP contribution is -2.88. The predicted octanol–water partition coefficient (Wildman–Crippen LogP) is 0.0732. The summed E-state index contributed by atoms with van der Waals surface area (Å²) in [5, 5.41) is 57.5. The van der Waals surface area contributed by atoms with Crippen LogP contribution in [0.25, 0.3) is 0 Å². The predicted molar refractivity (Wildman–Crippen MR) is 113 cm³/mol. The first kappa shape index (κ1) is 23.7. The Morgan fingerprint density at radius 3 is 2.52 bits per heavy atom. The fraction of sp³-hybridized carbons (Fsp3) is 0.875. The second-order valence-electron chi connectivity index (χ2n) is 11.1. The highest BCUT2D eigenvalue weighted by molar-refractivity contribution is 5.66. The van der Waals surface area contributed by atoms with Gasteiger partial charge in [0.2, 0.25) is 5.79 Å². The standard InChI is InChI=1S/C24H36O9/c1-5-31-20-22-8-6-7-21(4,10-25)16(22)19(29)24(30,33-20)23-15(22)14(32-12(3)26)9-13(18(23)28)11(2)17(23)27/h13-20,25,27-30H,2,5-10H2,1,3-4H3/t13-,14-,15-,16+,17+,18+,19-,20-,21-,22+,23-,24-/m0/s1. The first-order valence-electron chi connectivity index (χ1n) is 12.0. The van der Waals surface area contributed by atoms with Gasteiger partial charge in [-0.05, 0) is 37.2 Å². The molecule has 6 aliphatic rings. The molecule has 5 N–H and O–H groups in total. The summed E-state index contributed by atoms with van der Waals surface area (Å²) in [7, 11) is 0. The lowest BCUT2D eigenvalue weighted by atomic mass is 9.35. The number of ether oxygens (including phenoxy) is 3. The van der Waals surface area contributed by atoms with E-state index in [9.17, 15) is 30.3 Å². The lowest BCUT2D eigenvalue weighted by molar-refractivity contribution is -0.524. The van der Waals surface area contributed by atoms with E-state index >= 15 is 0 Å². The van der Waals surface area contributed by atoms with E-state index in [-0.39, 0.29) is 19.6 Å². The average Bonchev–Trinajstić information content (AvgIpc) is 2.86. The Balaban J connectivity index is 1.83. The van der Waals surface area contributed by atoms with Crippen LogP contribution in [0.5, 0.6) is 0 Å². The molecule has 4 bridgehead atoms. The minimum atomic E-state index is -2.41. The van der Waals surface area contributed by atoms with Crippen LogP contribution in [0.15, 0.2) is 12.2 Å². The first-order valence-corrected chi connectivity index (χ1v) is 12.0. The summed E-state index contributed by atoms with van der Waals surface area (Å²) >= 11 is 0. The first-order chi connectivity index (χ1) is 15.5. The molecular formula is C24H36O9. The van der Waals surface area contributed by atoms with Gasteiger partial charge in [-0.25, -0.2) is 0 Å². The summed E-state index contributed by atoms with van der Waals surface area (Å²) in [6.07, 6.45) is -3.91. The molecular weight excluding hydrogens is 432 g/mol. The van der Waals surface area contributed by atoms with Gasteiger partial charge in [0.25, 0.3) is 0 Å². The summed E-state index contributed by atoms with van der Waals surface area (Å²) in [6.45, 7) is 9.00. The normalized spacial score (nSPS) is 56.9. The molecule has 33 heavy (non-hydrogen) atoms. The molecule has 2 spiro atoms. The highest BCUT2D eigenvalue weighted by Crippen LogP contribution is 2.79. The number of hydrogen-bond donors (Lipinski definition) is 5. The fourth-order valence-electron chi connectivity index (χ4n) is 8.92. The van der Waals surface area contributed by atoms with E-state index in [1.807, 2.05) is 6.92 Å². The Morgan fingerprint density at radius 1 is 1.21 bits per heavy atom. The lowest BCUT2D eigenvalue weighted by Gasteiger charge is -2.77. The van der Waals surface area contributed by atoms with E-state index in [4.69, 9.17) is 14.2 Å². The van der Waals surface area contributed by atoms with Crippen LogP contribution in [0.1, 0.15) is 46.5 Å². The number of rotatable bonds is 4. The highest BCUT2D eigenvalue weighted by Gasteiger charge is 2.89. The zero-order chi connectivity index (χ0) is 24.1. The Labute approximate surface area is 193 Å². The van der Waals surface area contributed by atoms with Crippen LogP contribution in [0.4, 0.5) is 0 Å². The van der Waals surface area contributed by atoms with Crippen molar-refractivity contribution in [3.05, 3.63) is 12.2 Å². The number of hydrogen-bond acceptors (Lipinski definition) is 9. The van der Waals surface area contributed by atoms with Gasteiger partial charge in [0.15, 0.2) is 6.29 Å². The molecule has 2 aliphatic heterocycles. The number of aliphatic hydroxyl groups excluding tert-OH is 4. The van der Waals surface area contributed by atoms with E-state index < -0.39 is 76.5 Å². The molecule has 0 aromatic rings. The minimum Gasteiger partial charge on any atom is -0.462 e. The van der Waals surface area contributed by atoms with Crippen LogP contribution in [0.2, 0.25) is 0 Å². The second-order valence-corrected chi connectivity index (χ2v) is 11.1. The van der Waals surface area contributed by atoms with Crippen LogP contribution in [-0.2, 0) is 19.0 Å². The summed E-state index contributed by atoms with van der Waals surface area (Å²) in [6, 6.07) is 0. The summed E-state index contributed by atoms with van der Waals surface area (Å²) in [5.74, 6) is -5.02. The maximum atomic E-state index is 12.2.